The monoisotopic (exact) mass is 183 g/mol. The minimum Gasteiger partial charge on any atom is -0.383 e. The second-order valence-corrected chi connectivity index (χ2v) is 2.31. The third-order valence-electron chi connectivity index (χ3n) is 1.17. The molecular weight excluding hydrogens is 178 g/mol. The van der Waals surface area contributed by atoms with E-state index >= 15 is 0 Å². The molecule has 5 heteroatoms. The summed E-state index contributed by atoms with van der Waals surface area (Å²) < 4.78 is 0. The van der Waals surface area contributed by atoms with Gasteiger partial charge in [-0.1, -0.05) is 0 Å². The van der Waals surface area contributed by atoms with Crippen LogP contribution in [0.2, 0.25) is 5.28 Å². The summed E-state index contributed by atoms with van der Waals surface area (Å²) in [5.41, 5.74) is 6.03. The minimum atomic E-state index is 0.0933. The van der Waals surface area contributed by atoms with Crippen molar-refractivity contribution in [1.82, 2.24) is 9.97 Å². The Kier molecular flexibility index (Phi) is 2.76. The Morgan fingerprint density at radius 1 is 1.58 bits per heavy atom. The molecule has 0 radical (unpaired) electrons. The Hall–Kier alpha value is -1.42. The number of nitrogens with zero attached hydrogens (tertiary/aromatic N) is 2. The number of rotatable bonds is 2. The first-order chi connectivity index (χ1) is 5.74. The smallest absolute Gasteiger partial charge is 0.224 e. The number of aromatic nitrogens is 2. The van der Waals surface area contributed by atoms with Gasteiger partial charge in [0.2, 0.25) is 5.28 Å². The van der Waals surface area contributed by atoms with Crippen LogP contribution in [0, 0.1) is 0 Å². The number of carbonyl (C=O) groups is 1. The Morgan fingerprint density at radius 3 is 2.92 bits per heavy atom. The van der Waals surface area contributed by atoms with Gasteiger partial charge in [0.25, 0.3) is 0 Å². The fourth-order valence-corrected chi connectivity index (χ4v) is 0.793. The van der Waals surface area contributed by atoms with Crippen LogP contribution in [0.5, 0.6) is 0 Å². The van der Waals surface area contributed by atoms with Crippen LogP contribution >= 0.6 is 11.6 Å². The van der Waals surface area contributed by atoms with E-state index in [2.05, 4.69) is 9.97 Å². The highest BCUT2D eigenvalue weighted by Crippen LogP contribution is 2.11. The minimum absolute atomic E-state index is 0.0933. The molecule has 0 aliphatic heterocycles. The van der Waals surface area contributed by atoms with Crippen LogP contribution in [0.25, 0.3) is 6.08 Å². The number of nitrogen functional groups attached to an aromatic ring is 1. The quantitative estimate of drug-likeness (QED) is 0.421. The molecule has 1 heterocycles. The normalized spacial score (nSPS) is 10.4. The highest BCUT2D eigenvalue weighted by Gasteiger charge is 1.97. The molecular formula is C7H6ClN3O. The standard InChI is InChI=1S/C7H6ClN3O/c8-7-10-4-5(2-1-3-12)6(9)11-7/h1-4H,(H2,9,10,11). The molecule has 0 saturated carbocycles. The van der Waals surface area contributed by atoms with Gasteiger partial charge in [-0.3, -0.25) is 4.79 Å². The number of anilines is 1. The molecule has 0 saturated heterocycles. The van der Waals surface area contributed by atoms with Crippen LogP contribution < -0.4 is 5.73 Å². The zero-order valence-electron chi connectivity index (χ0n) is 6.07. The lowest BCUT2D eigenvalue weighted by Crippen LogP contribution is -1.95. The maximum Gasteiger partial charge on any atom is 0.224 e. The predicted octanol–water partition coefficient (Wildman–Crippen LogP) is 0.924. The van der Waals surface area contributed by atoms with E-state index in [1.165, 1.54) is 18.3 Å². The van der Waals surface area contributed by atoms with Crippen molar-refractivity contribution < 1.29 is 4.79 Å². The molecule has 0 aromatic carbocycles. The third-order valence-corrected chi connectivity index (χ3v) is 1.36. The second-order valence-electron chi connectivity index (χ2n) is 1.97. The van der Waals surface area contributed by atoms with Crippen molar-refractivity contribution in [2.75, 3.05) is 5.73 Å². The van der Waals surface area contributed by atoms with Gasteiger partial charge in [-0.05, 0) is 23.8 Å². The summed E-state index contributed by atoms with van der Waals surface area (Å²) in [4.78, 5) is 17.4. The molecule has 12 heavy (non-hydrogen) atoms. The molecule has 0 aliphatic rings. The highest BCUT2D eigenvalue weighted by molar-refractivity contribution is 6.28. The molecule has 0 atom stereocenters. The van der Waals surface area contributed by atoms with Crippen LogP contribution in [0.15, 0.2) is 12.3 Å². The third kappa shape index (κ3) is 2.03. The number of carbonyl (C=O) groups excluding carboxylic acids is 1. The van der Waals surface area contributed by atoms with Crippen molar-refractivity contribution in [2.24, 2.45) is 0 Å². The summed E-state index contributed by atoms with van der Waals surface area (Å²) in [6.45, 7) is 0. The van der Waals surface area contributed by atoms with Crippen molar-refractivity contribution in [3.05, 3.63) is 23.1 Å². The van der Waals surface area contributed by atoms with Crippen molar-refractivity contribution in [3.8, 4) is 0 Å². The van der Waals surface area contributed by atoms with Gasteiger partial charge in [0, 0.05) is 11.8 Å². The summed E-state index contributed by atoms with van der Waals surface area (Å²) in [5, 5.41) is 0.0933. The number of hydrogen-bond donors (Lipinski definition) is 1. The zero-order valence-corrected chi connectivity index (χ0v) is 6.82. The summed E-state index contributed by atoms with van der Waals surface area (Å²) in [7, 11) is 0. The molecule has 4 nitrogen and oxygen atoms in total. The number of allylic oxidation sites excluding steroid dienone is 1. The van der Waals surface area contributed by atoms with E-state index in [1.807, 2.05) is 0 Å². The van der Waals surface area contributed by atoms with Crippen molar-refractivity contribution in [3.63, 3.8) is 0 Å². The first kappa shape index (κ1) is 8.67. The summed E-state index contributed by atoms with van der Waals surface area (Å²) in [5.74, 6) is 0.258. The summed E-state index contributed by atoms with van der Waals surface area (Å²) in [6.07, 6.45) is 4.92. The lowest BCUT2D eigenvalue weighted by molar-refractivity contribution is -0.104. The summed E-state index contributed by atoms with van der Waals surface area (Å²) >= 11 is 5.46. The molecule has 0 amide bonds. The molecule has 2 N–H and O–H groups in total. The first-order valence-electron chi connectivity index (χ1n) is 3.14. The molecule has 1 rings (SSSR count). The average Bonchev–Trinajstić information content (AvgIpc) is 2.03. The average molecular weight is 184 g/mol. The zero-order chi connectivity index (χ0) is 8.97. The maximum absolute atomic E-state index is 9.96. The molecule has 1 aromatic rings. The molecule has 1 aromatic heterocycles. The molecule has 0 aliphatic carbocycles. The molecule has 0 unspecified atom stereocenters. The Balaban J connectivity index is 3.01. The lowest BCUT2D eigenvalue weighted by atomic mass is 10.3. The Morgan fingerprint density at radius 2 is 2.33 bits per heavy atom. The lowest BCUT2D eigenvalue weighted by Gasteiger charge is -1.96. The van der Waals surface area contributed by atoms with Crippen LogP contribution in [-0.2, 0) is 4.79 Å². The van der Waals surface area contributed by atoms with Gasteiger partial charge in [0.05, 0.1) is 0 Å². The van der Waals surface area contributed by atoms with Gasteiger partial charge in [0.1, 0.15) is 12.1 Å². The predicted molar refractivity (Wildman–Crippen MR) is 46.6 cm³/mol. The first-order valence-corrected chi connectivity index (χ1v) is 3.51. The van der Waals surface area contributed by atoms with Gasteiger partial charge in [-0.2, -0.15) is 0 Å². The van der Waals surface area contributed by atoms with Crippen LogP contribution in [-0.4, -0.2) is 16.3 Å². The van der Waals surface area contributed by atoms with Gasteiger partial charge < -0.3 is 5.73 Å². The Bertz CT molecular complexity index is 324. The molecule has 0 spiro atoms. The van der Waals surface area contributed by atoms with E-state index in [-0.39, 0.29) is 11.1 Å². The fourth-order valence-electron chi connectivity index (χ4n) is 0.653. The Labute approximate surface area is 74.1 Å². The van der Waals surface area contributed by atoms with Crippen molar-refractivity contribution >= 4 is 29.8 Å². The van der Waals surface area contributed by atoms with E-state index in [1.54, 1.807) is 0 Å². The molecule has 62 valence electrons. The van der Waals surface area contributed by atoms with E-state index in [0.29, 0.717) is 11.8 Å². The van der Waals surface area contributed by atoms with Gasteiger partial charge in [-0.15, -0.1) is 0 Å². The number of aldehydes is 1. The van der Waals surface area contributed by atoms with Crippen molar-refractivity contribution in [1.29, 1.82) is 0 Å². The van der Waals surface area contributed by atoms with E-state index in [9.17, 15) is 4.79 Å². The van der Waals surface area contributed by atoms with Crippen LogP contribution in [0.3, 0.4) is 0 Å². The van der Waals surface area contributed by atoms with Crippen LogP contribution in [0.1, 0.15) is 5.56 Å². The largest absolute Gasteiger partial charge is 0.383 e. The SMILES string of the molecule is Nc1nc(Cl)ncc1C=CC=O. The number of nitrogens with two attached hydrogens (primary N) is 1. The van der Waals surface area contributed by atoms with E-state index in [0.717, 1.165) is 0 Å². The number of halogens is 1. The molecule has 0 fully saturated rings. The van der Waals surface area contributed by atoms with Gasteiger partial charge in [-0.25, -0.2) is 9.97 Å². The highest BCUT2D eigenvalue weighted by atomic mass is 35.5. The van der Waals surface area contributed by atoms with Crippen LogP contribution in [0.4, 0.5) is 5.82 Å². The topological polar surface area (TPSA) is 68.9 Å². The van der Waals surface area contributed by atoms with Gasteiger partial charge >= 0.3 is 0 Å². The fraction of sp³-hybridized carbons (Fsp3) is 0. The second kappa shape index (κ2) is 3.82. The maximum atomic E-state index is 9.96. The number of hydrogen-bond acceptors (Lipinski definition) is 4. The van der Waals surface area contributed by atoms with Gasteiger partial charge in [0.15, 0.2) is 0 Å². The summed E-state index contributed by atoms with van der Waals surface area (Å²) in [6, 6.07) is 0. The molecule has 0 bridgehead atoms. The van der Waals surface area contributed by atoms with E-state index < -0.39 is 0 Å². The van der Waals surface area contributed by atoms with E-state index in [4.69, 9.17) is 17.3 Å². The van der Waals surface area contributed by atoms with Crippen molar-refractivity contribution in [2.45, 2.75) is 0 Å².